The summed E-state index contributed by atoms with van der Waals surface area (Å²) in [6.07, 6.45) is 7.60. The Hall–Kier alpha value is -2.32. The van der Waals surface area contributed by atoms with Crippen molar-refractivity contribution in [2.45, 2.75) is 57.1 Å². The molecular weight excluding hydrogens is 420 g/mol. The molecule has 0 aromatic carbocycles. The Balaban J connectivity index is 1.45. The number of piperidine rings is 1. The maximum absolute atomic E-state index is 13.5. The topological polar surface area (TPSA) is 95.0 Å². The molecular formula is C22H29ClN4O4. The lowest BCUT2D eigenvalue weighted by Gasteiger charge is -2.41. The monoisotopic (exact) mass is 448 g/mol. The molecule has 2 N–H and O–H groups in total. The fraction of sp³-hybridized carbons (Fsp3) is 0.591. The molecule has 9 heteroatoms. The molecule has 168 valence electrons. The SMILES string of the molecule is C=COC(=O)Nc1cnc(N2CCC[C@@]3(CCN(C4CCC(O)CC4)C3=O)C2)c(Cl)c1. The molecule has 1 aromatic heterocycles. The Kier molecular flexibility index (Phi) is 6.39. The van der Waals surface area contributed by atoms with Gasteiger partial charge in [-0.2, -0.15) is 0 Å². The third-order valence-electron chi connectivity index (χ3n) is 6.79. The summed E-state index contributed by atoms with van der Waals surface area (Å²) < 4.78 is 4.65. The standard InChI is InChI=1S/C22H29ClN4O4/c1-2-31-21(30)25-15-12-18(23)19(24-13-15)26-10-3-8-22(14-26)9-11-27(20(22)29)16-4-6-17(28)7-5-16/h2,12-13,16-17,28H,1,3-11,14H2,(H,25,30)/t16?,17?,22-/m1/s1. The van der Waals surface area contributed by atoms with E-state index in [0.29, 0.717) is 23.1 Å². The molecule has 0 radical (unpaired) electrons. The van der Waals surface area contributed by atoms with Gasteiger partial charge in [-0.15, -0.1) is 0 Å². The van der Waals surface area contributed by atoms with E-state index in [4.69, 9.17) is 11.6 Å². The molecule has 1 spiro atoms. The van der Waals surface area contributed by atoms with Crippen molar-refractivity contribution in [3.8, 4) is 0 Å². The highest BCUT2D eigenvalue weighted by Gasteiger charge is 2.51. The number of hydrogen-bond donors (Lipinski definition) is 2. The van der Waals surface area contributed by atoms with Crippen LogP contribution in [0.1, 0.15) is 44.9 Å². The van der Waals surface area contributed by atoms with Gasteiger partial charge in [0.1, 0.15) is 5.82 Å². The third-order valence-corrected chi connectivity index (χ3v) is 7.07. The van der Waals surface area contributed by atoms with Crippen molar-refractivity contribution >= 4 is 35.1 Å². The first-order valence-electron chi connectivity index (χ1n) is 10.9. The van der Waals surface area contributed by atoms with Crippen LogP contribution in [0.5, 0.6) is 0 Å². The highest BCUT2D eigenvalue weighted by Crippen LogP contribution is 2.44. The van der Waals surface area contributed by atoms with Crippen LogP contribution < -0.4 is 10.2 Å². The third kappa shape index (κ3) is 4.50. The van der Waals surface area contributed by atoms with Gasteiger partial charge in [0.2, 0.25) is 5.91 Å². The van der Waals surface area contributed by atoms with Crippen molar-refractivity contribution < 1.29 is 19.4 Å². The van der Waals surface area contributed by atoms with E-state index in [2.05, 4.69) is 31.4 Å². The van der Waals surface area contributed by atoms with Crippen LogP contribution in [-0.2, 0) is 9.53 Å². The molecule has 1 aromatic rings. The minimum atomic E-state index is -0.663. The number of pyridine rings is 1. The van der Waals surface area contributed by atoms with Gasteiger partial charge >= 0.3 is 6.09 Å². The fourth-order valence-electron chi connectivity index (χ4n) is 5.21. The zero-order valence-electron chi connectivity index (χ0n) is 17.6. The lowest BCUT2D eigenvalue weighted by molar-refractivity contribution is -0.139. The number of aliphatic hydroxyl groups excluding tert-OH is 1. The summed E-state index contributed by atoms with van der Waals surface area (Å²) in [4.78, 5) is 33.6. The lowest BCUT2D eigenvalue weighted by Crippen LogP contribution is -2.50. The van der Waals surface area contributed by atoms with Gasteiger partial charge in [0.15, 0.2) is 0 Å². The lowest BCUT2D eigenvalue weighted by atomic mass is 9.78. The van der Waals surface area contributed by atoms with Crippen LogP contribution in [0.3, 0.4) is 0 Å². The predicted molar refractivity (Wildman–Crippen MR) is 118 cm³/mol. The van der Waals surface area contributed by atoms with Crippen molar-refractivity contribution in [1.29, 1.82) is 0 Å². The minimum absolute atomic E-state index is 0.225. The van der Waals surface area contributed by atoms with E-state index in [0.717, 1.165) is 64.3 Å². The van der Waals surface area contributed by atoms with Crippen LogP contribution in [0.4, 0.5) is 16.3 Å². The average Bonchev–Trinajstić information content (AvgIpc) is 3.04. The first-order valence-corrected chi connectivity index (χ1v) is 11.3. The smallest absolute Gasteiger partial charge is 0.416 e. The Labute approximate surface area is 187 Å². The van der Waals surface area contributed by atoms with E-state index >= 15 is 0 Å². The average molecular weight is 449 g/mol. The number of likely N-dealkylation sites (tertiary alicyclic amines) is 1. The largest absolute Gasteiger partial charge is 0.419 e. The quantitative estimate of drug-likeness (QED) is 0.684. The van der Waals surface area contributed by atoms with E-state index in [-0.39, 0.29) is 18.1 Å². The van der Waals surface area contributed by atoms with Gasteiger partial charge in [-0.05, 0) is 51.0 Å². The van der Waals surface area contributed by atoms with Crippen LogP contribution in [-0.4, -0.2) is 58.8 Å². The van der Waals surface area contributed by atoms with Gasteiger partial charge in [-0.25, -0.2) is 9.78 Å². The van der Waals surface area contributed by atoms with Crippen LogP contribution >= 0.6 is 11.6 Å². The fourth-order valence-corrected chi connectivity index (χ4v) is 5.50. The number of aliphatic hydroxyl groups is 1. The summed E-state index contributed by atoms with van der Waals surface area (Å²) in [5.41, 5.74) is 0.0271. The number of aromatic nitrogens is 1. The normalized spacial score (nSPS) is 28.6. The number of ether oxygens (including phenoxy) is 1. The van der Waals surface area contributed by atoms with E-state index in [1.165, 1.54) is 6.20 Å². The van der Waals surface area contributed by atoms with Crippen LogP contribution in [0.15, 0.2) is 25.1 Å². The maximum atomic E-state index is 13.5. The zero-order chi connectivity index (χ0) is 22.0. The molecule has 1 aliphatic carbocycles. The molecule has 3 aliphatic rings. The second kappa shape index (κ2) is 9.04. The van der Waals surface area contributed by atoms with Gasteiger partial charge in [-0.3, -0.25) is 10.1 Å². The molecule has 8 nitrogen and oxygen atoms in total. The van der Waals surface area contributed by atoms with Crippen molar-refractivity contribution in [2.75, 3.05) is 29.9 Å². The van der Waals surface area contributed by atoms with Gasteiger partial charge < -0.3 is 19.6 Å². The highest BCUT2D eigenvalue weighted by molar-refractivity contribution is 6.33. The molecule has 1 saturated carbocycles. The van der Waals surface area contributed by atoms with Crippen molar-refractivity contribution in [3.05, 3.63) is 30.1 Å². The Morgan fingerprint density at radius 2 is 2.10 bits per heavy atom. The number of amides is 2. The van der Waals surface area contributed by atoms with E-state index in [9.17, 15) is 14.7 Å². The Morgan fingerprint density at radius 3 is 2.81 bits per heavy atom. The molecule has 3 heterocycles. The Bertz CT molecular complexity index is 858. The number of nitrogens with zero attached hydrogens (tertiary/aromatic N) is 3. The number of rotatable bonds is 4. The number of carbonyl (C=O) groups is 2. The summed E-state index contributed by atoms with van der Waals surface area (Å²) in [5, 5.41) is 12.7. The molecule has 0 unspecified atom stereocenters. The first kappa shape index (κ1) is 21.9. The minimum Gasteiger partial charge on any atom is -0.419 e. The van der Waals surface area contributed by atoms with Gasteiger partial charge in [0.25, 0.3) is 0 Å². The van der Waals surface area contributed by atoms with Gasteiger partial charge in [0.05, 0.1) is 34.7 Å². The number of anilines is 2. The molecule has 4 rings (SSSR count). The summed E-state index contributed by atoms with van der Waals surface area (Å²) >= 11 is 6.48. The first-order chi connectivity index (χ1) is 14.9. The van der Waals surface area contributed by atoms with E-state index in [1.54, 1.807) is 6.07 Å². The summed E-state index contributed by atoms with van der Waals surface area (Å²) in [6, 6.07) is 1.87. The van der Waals surface area contributed by atoms with Crippen LogP contribution in [0.25, 0.3) is 0 Å². The number of carbonyl (C=O) groups excluding carboxylic acids is 2. The number of halogens is 1. The zero-order valence-corrected chi connectivity index (χ0v) is 18.3. The van der Waals surface area contributed by atoms with E-state index in [1.807, 2.05) is 0 Å². The second-order valence-electron chi connectivity index (χ2n) is 8.74. The van der Waals surface area contributed by atoms with E-state index < -0.39 is 11.5 Å². The summed E-state index contributed by atoms with van der Waals surface area (Å²) in [7, 11) is 0. The van der Waals surface area contributed by atoms with Crippen LogP contribution in [0, 0.1) is 5.41 Å². The van der Waals surface area contributed by atoms with Crippen molar-refractivity contribution in [2.24, 2.45) is 5.41 Å². The molecule has 2 aliphatic heterocycles. The molecule has 2 saturated heterocycles. The maximum Gasteiger partial charge on any atom is 0.416 e. The van der Waals surface area contributed by atoms with Crippen molar-refractivity contribution in [3.63, 3.8) is 0 Å². The Morgan fingerprint density at radius 1 is 1.32 bits per heavy atom. The molecule has 0 bridgehead atoms. The molecule has 3 fully saturated rings. The molecule has 31 heavy (non-hydrogen) atoms. The summed E-state index contributed by atoms with van der Waals surface area (Å²) in [6.45, 7) is 5.49. The molecule has 2 amide bonds. The van der Waals surface area contributed by atoms with Crippen molar-refractivity contribution in [1.82, 2.24) is 9.88 Å². The van der Waals surface area contributed by atoms with Gasteiger partial charge in [-0.1, -0.05) is 18.2 Å². The molecule has 1 atom stereocenters. The number of nitrogens with one attached hydrogen (secondary N) is 1. The number of hydrogen-bond acceptors (Lipinski definition) is 6. The highest BCUT2D eigenvalue weighted by atomic mass is 35.5. The summed E-state index contributed by atoms with van der Waals surface area (Å²) in [5.74, 6) is 0.857. The van der Waals surface area contributed by atoms with Gasteiger partial charge in [0, 0.05) is 25.7 Å². The second-order valence-corrected chi connectivity index (χ2v) is 9.15. The van der Waals surface area contributed by atoms with Crippen LogP contribution in [0.2, 0.25) is 5.02 Å². The predicted octanol–water partition coefficient (Wildman–Crippen LogP) is 3.55.